The molecule has 2 aromatic carbocycles. The quantitative estimate of drug-likeness (QED) is 0.856. The van der Waals surface area contributed by atoms with Gasteiger partial charge in [0.25, 0.3) is 5.91 Å². The normalized spacial score (nSPS) is 14.0. The van der Waals surface area contributed by atoms with Crippen molar-refractivity contribution in [1.82, 2.24) is 10.2 Å². The molecule has 1 aliphatic rings. The fourth-order valence-corrected chi connectivity index (χ4v) is 2.86. The van der Waals surface area contributed by atoms with Gasteiger partial charge in [-0.2, -0.15) is 0 Å². The maximum absolute atomic E-state index is 12.3. The average Bonchev–Trinajstić information content (AvgIpc) is 2.72. The monoisotopic (exact) mass is 353 g/mol. The molecule has 0 saturated carbocycles. The molecule has 1 aliphatic heterocycles. The number of carbonyl (C=O) groups is 2. The molecule has 0 aromatic heterocycles. The fraction of sp³-hybridized carbons (Fsp3) is 0.300. The summed E-state index contributed by atoms with van der Waals surface area (Å²) in [5, 5.41) is 2.62. The number of carbonyl (C=O) groups excluding carboxylic acids is 2. The van der Waals surface area contributed by atoms with E-state index in [1.807, 2.05) is 36.4 Å². The van der Waals surface area contributed by atoms with Gasteiger partial charge < -0.3 is 19.9 Å². The van der Waals surface area contributed by atoms with Gasteiger partial charge in [-0.25, -0.2) is 0 Å². The van der Waals surface area contributed by atoms with Crippen LogP contribution in [0.15, 0.2) is 60.7 Å². The molecule has 0 atom stereocenters. The van der Waals surface area contributed by atoms with E-state index < -0.39 is 0 Å². The smallest absolute Gasteiger partial charge is 0.258 e. The molecule has 2 aromatic rings. The van der Waals surface area contributed by atoms with Crippen LogP contribution in [0.4, 0.5) is 5.69 Å². The molecule has 1 N–H and O–H groups in total. The average molecular weight is 353 g/mol. The van der Waals surface area contributed by atoms with Gasteiger partial charge in [-0.3, -0.25) is 9.59 Å². The minimum absolute atomic E-state index is 0.00230. The lowest BCUT2D eigenvalue weighted by atomic mass is 10.2. The van der Waals surface area contributed by atoms with Gasteiger partial charge in [0.2, 0.25) is 5.91 Å². The number of para-hydroxylation sites is 2. The van der Waals surface area contributed by atoms with Crippen molar-refractivity contribution in [3.8, 4) is 5.75 Å². The Morgan fingerprint density at radius 2 is 1.50 bits per heavy atom. The number of benzene rings is 2. The van der Waals surface area contributed by atoms with Crippen molar-refractivity contribution in [3.63, 3.8) is 0 Å². The van der Waals surface area contributed by atoms with E-state index in [4.69, 9.17) is 4.74 Å². The van der Waals surface area contributed by atoms with Crippen LogP contribution in [0.25, 0.3) is 0 Å². The molecule has 0 radical (unpaired) electrons. The van der Waals surface area contributed by atoms with Gasteiger partial charge in [-0.05, 0) is 24.3 Å². The van der Waals surface area contributed by atoms with Gasteiger partial charge in [-0.15, -0.1) is 0 Å². The van der Waals surface area contributed by atoms with Crippen molar-refractivity contribution in [2.24, 2.45) is 0 Å². The van der Waals surface area contributed by atoms with Crippen LogP contribution in [-0.4, -0.2) is 56.0 Å². The number of nitrogens with zero attached hydrogens (tertiary/aromatic N) is 2. The minimum atomic E-state index is -0.301. The minimum Gasteiger partial charge on any atom is -0.484 e. The third-order valence-corrected chi connectivity index (χ3v) is 4.30. The highest BCUT2D eigenvalue weighted by molar-refractivity contribution is 5.85. The molecular formula is C20H23N3O3. The summed E-state index contributed by atoms with van der Waals surface area (Å²) in [6.07, 6.45) is 0. The van der Waals surface area contributed by atoms with Crippen molar-refractivity contribution < 1.29 is 14.3 Å². The molecule has 1 fully saturated rings. The van der Waals surface area contributed by atoms with E-state index in [1.54, 1.807) is 17.0 Å². The second-order valence-electron chi connectivity index (χ2n) is 6.08. The zero-order valence-electron chi connectivity index (χ0n) is 14.6. The summed E-state index contributed by atoms with van der Waals surface area (Å²) in [7, 11) is 0. The molecule has 6 heteroatoms. The SMILES string of the molecule is O=C(COc1ccccc1)NCC(=O)N1CCN(c2ccccc2)CC1. The number of ether oxygens (including phenoxy) is 1. The Labute approximate surface area is 153 Å². The molecule has 1 saturated heterocycles. The molecule has 136 valence electrons. The lowest BCUT2D eigenvalue weighted by Gasteiger charge is -2.36. The van der Waals surface area contributed by atoms with Crippen LogP contribution in [0.5, 0.6) is 5.75 Å². The summed E-state index contributed by atoms with van der Waals surface area (Å²) in [4.78, 5) is 28.1. The molecular weight excluding hydrogens is 330 g/mol. The lowest BCUT2D eigenvalue weighted by molar-refractivity contribution is -0.133. The van der Waals surface area contributed by atoms with Crippen LogP contribution < -0.4 is 15.0 Å². The Hall–Kier alpha value is -3.02. The van der Waals surface area contributed by atoms with E-state index >= 15 is 0 Å². The molecule has 0 spiro atoms. The van der Waals surface area contributed by atoms with E-state index in [0.717, 1.165) is 13.1 Å². The van der Waals surface area contributed by atoms with Gasteiger partial charge in [-0.1, -0.05) is 36.4 Å². The van der Waals surface area contributed by atoms with E-state index in [0.29, 0.717) is 18.8 Å². The Balaban J connectivity index is 1.37. The zero-order chi connectivity index (χ0) is 18.2. The van der Waals surface area contributed by atoms with Crippen LogP contribution in [0.2, 0.25) is 0 Å². The highest BCUT2D eigenvalue weighted by atomic mass is 16.5. The fourth-order valence-electron chi connectivity index (χ4n) is 2.86. The van der Waals surface area contributed by atoms with E-state index in [2.05, 4.69) is 22.3 Å². The van der Waals surface area contributed by atoms with Crippen LogP contribution in [0, 0.1) is 0 Å². The summed E-state index contributed by atoms with van der Waals surface area (Å²) in [5.41, 5.74) is 1.17. The van der Waals surface area contributed by atoms with Crippen LogP contribution in [0.1, 0.15) is 0 Å². The number of hydrogen-bond donors (Lipinski definition) is 1. The summed E-state index contributed by atoms with van der Waals surface area (Å²) < 4.78 is 5.37. The molecule has 26 heavy (non-hydrogen) atoms. The molecule has 0 aliphatic carbocycles. The summed E-state index contributed by atoms with van der Waals surface area (Å²) in [6, 6.07) is 19.3. The first-order valence-electron chi connectivity index (χ1n) is 8.75. The van der Waals surface area contributed by atoms with Crippen molar-refractivity contribution in [1.29, 1.82) is 0 Å². The highest BCUT2D eigenvalue weighted by Gasteiger charge is 2.21. The van der Waals surface area contributed by atoms with Crippen molar-refractivity contribution >= 4 is 17.5 Å². The molecule has 6 nitrogen and oxygen atoms in total. The van der Waals surface area contributed by atoms with E-state index in [1.165, 1.54) is 5.69 Å². The molecule has 1 heterocycles. The van der Waals surface area contributed by atoms with Crippen LogP contribution in [0.3, 0.4) is 0 Å². The number of piperazine rings is 1. The predicted molar refractivity (Wildman–Crippen MR) is 100 cm³/mol. The topological polar surface area (TPSA) is 61.9 Å². The Bertz CT molecular complexity index is 714. The lowest BCUT2D eigenvalue weighted by Crippen LogP contribution is -2.51. The first kappa shape index (κ1) is 17.8. The largest absolute Gasteiger partial charge is 0.484 e. The zero-order valence-corrected chi connectivity index (χ0v) is 14.6. The van der Waals surface area contributed by atoms with Crippen LogP contribution in [-0.2, 0) is 9.59 Å². The second kappa shape index (κ2) is 8.89. The first-order valence-corrected chi connectivity index (χ1v) is 8.75. The Morgan fingerprint density at radius 1 is 0.885 bits per heavy atom. The molecule has 0 bridgehead atoms. The third kappa shape index (κ3) is 4.99. The summed E-state index contributed by atoms with van der Waals surface area (Å²) in [6.45, 7) is 2.80. The number of hydrogen-bond acceptors (Lipinski definition) is 4. The maximum Gasteiger partial charge on any atom is 0.258 e. The second-order valence-corrected chi connectivity index (χ2v) is 6.08. The number of amides is 2. The third-order valence-electron chi connectivity index (χ3n) is 4.30. The summed E-state index contributed by atoms with van der Waals surface area (Å²) >= 11 is 0. The summed E-state index contributed by atoms with van der Waals surface area (Å²) in [5.74, 6) is 0.266. The standard InChI is InChI=1S/C20H23N3O3/c24-19(16-26-18-9-5-2-6-10-18)21-15-20(25)23-13-11-22(12-14-23)17-7-3-1-4-8-17/h1-10H,11-16H2,(H,21,24). The van der Waals surface area contributed by atoms with Crippen LogP contribution >= 0.6 is 0 Å². The Kier molecular flexibility index (Phi) is 6.09. The van der Waals surface area contributed by atoms with Gasteiger partial charge in [0.1, 0.15) is 5.75 Å². The van der Waals surface area contributed by atoms with Crippen molar-refractivity contribution in [3.05, 3.63) is 60.7 Å². The van der Waals surface area contributed by atoms with Crippen molar-refractivity contribution in [2.75, 3.05) is 44.2 Å². The van der Waals surface area contributed by atoms with Gasteiger partial charge in [0.15, 0.2) is 6.61 Å². The highest BCUT2D eigenvalue weighted by Crippen LogP contribution is 2.15. The maximum atomic E-state index is 12.3. The van der Waals surface area contributed by atoms with E-state index in [9.17, 15) is 9.59 Å². The number of rotatable bonds is 6. The predicted octanol–water partition coefficient (Wildman–Crippen LogP) is 1.53. The molecule has 0 unspecified atom stereocenters. The Morgan fingerprint density at radius 3 is 2.15 bits per heavy atom. The van der Waals surface area contributed by atoms with Gasteiger partial charge >= 0.3 is 0 Å². The van der Waals surface area contributed by atoms with Gasteiger partial charge in [0.05, 0.1) is 6.54 Å². The van der Waals surface area contributed by atoms with Crippen molar-refractivity contribution in [2.45, 2.75) is 0 Å². The number of anilines is 1. The molecule has 3 rings (SSSR count). The van der Waals surface area contributed by atoms with E-state index in [-0.39, 0.29) is 25.0 Å². The van der Waals surface area contributed by atoms with Gasteiger partial charge in [0, 0.05) is 31.9 Å². The molecule has 2 amide bonds. The first-order chi connectivity index (χ1) is 12.7. The number of nitrogens with one attached hydrogen (secondary N) is 1.